The van der Waals surface area contributed by atoms with Gasteiger partial charge in [-0.15, -0.1) is 0 Å². The molecule has 4 fully saturated rings. The van der Waals surface area contributed by atoms with Crippen LogP contribution in [0.1, 0.15) is 101 Å². The molecule has 244 valence electrons. The highest BCUT2D eigenvalue weighted by atomic mass is 16.3. The Labute approximate surface area is 272 Å². The molecule has 4 aliphatic carbocycles. The van der Waals surface area contributed by atoms with Crippen molar-refractivity contribution in [2.75, 3.05) is 36.4 Å². The monoisotopic (exact) mass is 625 g/mol. The molecule has 0 radical (unpaired) electrons. The summed E-state index contributed by atoms with van der Waals surface area (Å²) in [6.45, 7) is 3.89. The van der Waals surface area contributed by atoms with Crippen LogP contribution < -0.4 is 15.5 Å². The number of amides is 2. The van der Waals surface area contributed by atoms with Crippen molar-refractivity contribution in [2.24, 2.45) is 17.8 Å². The van der Waals surface area contributed by atoms with Crippen LogP contribution in [0.2, 0.25) is 0 Å². The lowest BCUT2D eigenvalue weighted by molar-refractivity contribution is -0.535. The molecule has 8 heteroatoms. The molecule has 2 heterocycles. The molecule has 2 amide bonds. The van der Waals surface area contributed by atoms with Crippen molar-refractivity contribution in [3.8, 4) is 0 Å². The van der Waals surface area contributed by atoms with Gasteiger partial charge in [0.05, 0.1) is 0 Å². The Balaban J connectivity index is 1.20. The van der Waals surface area contributed by atoms with Crippen molar-refractivity contribution in [1.29, 1.82) is 0 Å². The number of hydrogen-bond donors (Lipinski definition) is 3. The number of nitrogens with zero attached hydrogens (tertiary/aromatic N) is 2. The molecular weight excluding hydrogens is 576 g/mol. The third-order valence-corrected chi connectivity index (χ3v) is 11.3. The number of benzene rings is 1. The fourth-order valence-corrected chi connectivity index (χ4v) is 8.50. The van der Waals surface area contributed by atoms with E-state index in [0.717, 1.165) is 115 Å². The Morgan fingerprint density at radius 2 is 1.43 bits per heavy atom. The Morgan fingerprint density at radius 1 is 0.804 bits per heavy atom. The molecule has 0 aromatic heterocycles. The van der Waals surface area contributed by atoms with E-state index in [-0.39, 0.29) is 35.2 Å². The number of aliphatic hydroxyl groups is 1. The van der Waals surface area contributed by atoms with E-state index in [1.807, 2.05) is 36.4 Å². The zero-order valence-corrected chi connectivity index (χ0v) is 27.1. The average Bonchev–Trinajstić information content (AvgIpc) is 3.83. The normalized spacial score (nSPS) is 26.0. The highest BCUT2D eigenvalue weighted by molar-refractivity contribution is 6.13. The molecule has 2 aliphatic heterocycles. The number of carbonyl (C=O) groups excluding carboxylic acids is 3. The summed E-state index contributed by atoms with van der Waals surface area (Å²) in [5.74, 6) is -1.50. The number of carbonyl (C=O) groups is 3. The van der Waals surface area contributed by atoms with Gasteiger partial charge in [0, 0.05) is 78.5 Å². The zero-order chi connectivity index (χ0) is 31.6. The first-order valence-electron chi connectivity index (χ1n) is 18.0. The lowest BCUT2D eigenvalue weighted by atomic mass is 9.70. The van der Waals surface area contributed by atoms with E-state index in [1.54, 1.807) is 0 Å². The maximum absolute atomic E-state index is 14.1. The van der Waals surface area contributed by atoms with Crippen molar-refractivity contribution >= 4 is 34.7 Å². The number of hydrogen-bond acceptors (Lipinski definition) is 5. The Morgan fingerprint density at radius 3 is 2.09 bits per heavy atom. The SMILES string of the molecule is O=C(NC1=CC(=[N+]2CCCCC2)C=CC1C1=C(O)C(c2ccc(N3CCCCC3)cc2NC(=O)C2CCCC2)C1=O)C1CCCC1. The van der Waals surface area contributed by atoms with Crippen molar-refractivity contribution < 1.29 is 24.1 Å². The van der Waals surface area contributed by atoms with Crippen LogP contribution >= 0.6 is 0 Å². The summed E-state index contributed by atoms with van der Waals surface area (Å²) in [5.41, 5.74) is 4.35. The standard InChI is InChI=1S/C38H48N4O4/c43-35-33(29-17-15-27(41-19-7-1-8-20-41)23-31(29)39-37(45)25-11-3-4-12-25)36(44)34(35)30-18-16-28(42-21-9-2-10-22-42)24-32(30)40-38(46)26-13-5-6-14-26/h15-18,23-26,29,34H,1-14,19-22H2,(H2,40,43,44,46)/p+1. The molecule has 46 heavy (non-hydrogen) atoms. The second kappa shape index (κ2) is 13.6. The van der Waals surface area contributed by atoms with Crippen molar-refractivity contribution in [1.82, 2.24) is 5.32 Å². The second-order valence-corrected chi connectivity index (χ2v) is 14.3. The number of aliphatic hydroxyl groups excluding tert-OH is 1. The highest BCUT2D eigenvalue weighted by Crippen LogP contribution is 2.47. The lowest BCUT2D eigenvalue weighted by Gasteiger charge is -2.35. The summed E-state index contributed by atoms with van der Waals surface area (Å²) in [6.07, 6.45) is 20.8. The minimum atomic E-state index is -0.836. The molecule has 7 rings (SSSR count). The topological polar surface area (TPSA) is 102 Å². The van der Waals surface area contributed by atoms with Crippen molar-refractivity contribution in [2.45, 2.75) is 95.8 Å². The number of allylic oxidation sites excluding steroid dienone is 4. The minimum Gasteiger partial charge on any atom is -0.511 e. The van der Waals surface area contributed by atoms with Gasteiger partial charge < -0.3 is 20.6 Å². The summed E-state index contributed by atoms with van der Waals surface area (Å²) in [7, 11) is 0. The highest BCUT2D eigenvalue weighted by Gasteiger charge is 2.46. The molecule has 2 saturated carbocycles. The Hall–Kier alpha value is -3.68. The largest absolute Gasteiger partial charge is 0.511 e. The van der Waals surface area contributed by atoms with Gasteiger partial charge in [-0.2, -0.15) is 0 Å². The van der Waals surface area contributed by atoms with Gasteiger partial charge in [0.15, 0.2) is 5.78 Å². The van der Waals surface area contributed by atoms with E-state index >= 15 is 0 Å². The van der Waals surface area contributed by atoms with Gasteiger partial charge in [0.25, 0.3) is 0 Å². The van der Waals surface area contributed by atoms with E-state index in [4.69, 9.17) is 0 Å². The van der Waals surface area contributed by atoms with Gasteiger partial charge >= 0.3 is 0 Å². The van der Waals surface area contributed by atoms with Crippen molar-refractivity contribution in [3.05, 3.63) is 59.0 Å². The van der Waals surface area contributed by atoms with Gasteiger partial charge in [0.2, 0.25) is 17.5 Å². The fraction of sp³-hybridized carbons (Fsp3) is 0.579. The van der Waals surface area contributed by atoms with Gasteiger partial charge in [-0.25, -0.2) is 4.58 Å². The van der Waals surface area contributed by atoms with Crippen LogP contribution in [0.5, 0.6) is 0 Å². The Kier molecular flexibility index (Phi) is 9.14. The molecule has 2 saturated heterocycles. The third-order valence-electron chi connectivity index (χ3n) is 11.3. The van der Waals surface area contributed by atoms with E-state index < -0.39 is 11.8 Å². The minimum absolute atomic E-state index is 0.000785. The van der Waals surface area contributed by atoms with Crippen LogP contribution in [0.15, 0.2) is 53.5 Å². The predicted molar refractivity (Wildman–Crippen MR) is 180 cm³/mol. The molecule has 8 nitrogen and oxygen atoms in total. The molecule has 2 unspecified atom stereocenters. The molecule has 2 atom stereocenters. The number of rotatable bonds is 7. The maximum Gasteiger partial charge on any atom is 0.227 e. The molecule has 0 spiro atoms. The van der Waals surface area contributed by atoms with Gasteiger partial charge in [0.1, 0.15) is 24.8 Å². The van der Waals surface area contributed by atoms with Gasteiger partial charge in [-0.3, -0.25) is 14.4 Å². The van der Waals surface area contributed by atoms with Crippen LogP contribution in [-0.2, 0) is 14.4 Å². The third kappa shape index (κ3) is 6.19. The zero-order valence-electron chi connectivity index (χ0n) is 27.1. The van der Waals surface area contributed by atoms with Crippen LogP contribution in [0.25, 0.3) is 0 Å². The number of nitrogens with one attached hydrogen (secondary N) is 2. The number of anilines is 2. The molecular formula is C38H49N4O4+. The van der Waals surface area contributed by atoms with E-state index in [2.05, 4.69) is 20.1 Å². The molecule has 1 aromatic carbocycles. The number of Topliss-reactive ketones (excluding diaryl/α,β-unsaturated/α-hetero) is 1. The smallest absolute Gasteiger partial charge is 0.227 e. The fourth-order valence-electron chi connectivity index (χ4n) is 8.50. The van der Waals surface area contributed by atoms with E-state index in [0.29, 0.717) is 22.5 Å². The number of piperidine rings is 2. The van der Waals surface area contributed by atoms with E-state index in [1.165, 1.54) is 12.8 Å². The summed E-state index contributed by atoms with van der Waals surface area (Å²) in [6, 6.07) is 5.94. The van der Waals surface area contributed by atoms with Gasteiger partial charge in [-0.1, -0.05) is 37.8 Å². The van der Waals surface area contributed by atoms with Crippen LogP contribution in [0, 0.1) is 17.8 Å². The quantitative estimate of drug-likeness (QED) is 0.309. The summed E-state index contributed by atoms with van der Waals surface area (Å²) >= 11 is 0. The van der Waals surface area contributed by atoms with Crippen LogP contribution in [0.4, 0.5) is 11.4 Å². The first-order chi connectivity index (χ1) is 22.5. The second-order valence-electron chi connectivity index (χ2n) is 14.3. The molecule has 0 bridgehead atoms. The predicted octanol–water partition coefficient (Wildman–Crippen LogP) is 6.30. The molecule has 3 N–H and O–H groups in total. The molecule has 6 aliphatic rings. The summed E-state index contributed by atoms with van der Waals surface area (Å²) < 4.78 is 2.35. The lowest BCUT2D eigenvalue weighted by Crippen LogP contribution is -2.40. The summed E-state index contributed by atoms with van der Waals surface area (Å²) in [5, 5.41) is 18.0. The first kappa shape index (κ1) is 30.9. The Bertz CT molecular complexity index is 1490. The maximum atomic E-state index is 14.1. The van der Waals surface area contributed by atoms with Gasteiger partial charge in [-0.05, 0) is 69.1 Å². The van der Waals surface area contributed by atoms with Crippen molar-refractivity contribution in [3.63, 3.8) is 0 Å². The van der Waals surface area contributed by atoms with E-state index in [9.17, 15) is 19.5 Å². The van der Waals surface area contributed by atoms with Crippen LogP contribution in [0.3, 0.4) is 0 Å². The molecule has 1 aromatic rings. The summed E-state index contributed by atoms with van der Waals surface area (Å²) in [4.78, 5) is 43.1. The number of ketones is 1. The first-order valence-corrected chi connectivity index (χ1v) is 18.0. The average molecular weight is 626 g/mol. The van der Waals surface area contributed by atoms with Crippen LogP contribution in [-0.4, -0.2) is 59.2 Å².